The number of aliphatic carboxylic acids is 1. The Hall–Kier alpha value is -2.45. The lowest BCUT2D eigenvalue weighted by molar-refractivity contribution is -0.389. The molecule has 0 spiro atoms. The van der Waals surface area contributed by atoms with Crippen molar-refractivity contribution in [2.45, 2.75) is 51.6 Å². The zero-order chi connectivity index (χ0) is 17.0. The molecule has 1 fully saturated rings. The van der Waals surface area contributed by atoms with Gasteiger partial charge in [-0.1, -0.05) is 0 Å². The van der Waals surface area contributed by atoms with E-state index in [1.807, 2.05) is 0 Å². The molecule has 0 aliphatic carbocycles. The van der Waals surface area contributed by atoms with Crippen LogP contribution in [0.2, 0.25) is 0 Å². The highest BCUT2D eigenvalue weighted by molar-refractivity contribution is 5.76. The van der Waals surface area contributed by atoms with E-state index in [1.165, 1.54) is 10.8 Å². The summed E-state index contributed by atoms with van der Waals surface area (Å²) in [5.74, 6) is -0.903. The number of hydrogen-bond acceptors (Lipinski definition) is 5. The molecule has 0 bridgehead atoms. The quantitative estimate of drug-likeness (QED) is 0.623. The van der Waals surface area contributed by atoms with Crippen molar-refractivity contribution in [1.82, 2.24) is 14.5 Å². The topological polar surface area (TPSA) is 119 Å². The third-order valence-electron chi connectivity index (χ3n) is 4.09. The molecule has 1 amide bonds. The summed E-state index contributed by atoms with van der Waals surface area (Å²) in [6, 6.07) is -0.0776. The number of piperidine rings is 1. The van der Waals surface area contributed by atoms with Crippen molar-refractivity contribution in [3.63, 3.8) is 0 Å². The van der Waals surface area contributed by atoms with E-state index >= 15 is 0 Å². The lowest BCUT2D eigenvalue weighted by Crippen LogP contribution is -2.45. The van der Waals surface area contributed by atoms with Crippen LogP contribution < -0.4 is 0 Å². The molecule has 2 rings (SSSR count). The zero-order valence-corrected chi connectivity index (χ0v) is 13.0. The number of likely N-dealkylation sites (tertiary alicyclic amines) is 1. The summed E-state index contributed by atoms with van der Waals surface area (Å²) >= 11 is 0. The zero-order valence-electron chi connectivity index (χ0n) is 13.0. The normalized spacial score (nSPS) is 18.0. The van der Waals surface area contributed by atoms with Gasteiger partial charge in [0.15, 0.2) is 0 Å². The van der Waals surface area contributed by atoms with Crippen molar-refractivity contribution in [1.29, 1.82) is 0 Å². The van der Waals surface area contributed by atoms with Gasteiger partial charge in [-0.2, -0.15) is 0 Å². The number of nitro groups is 1. The fourth-order valence-electron chi connectivity index (χ4n) is 2.90. The summed E-state index contributed by atoms with van der Waals surface area (Å²) in [7, 11) is 0. The number of carbonyl (C=O) groups is 2. The molecule has 2 heterocycles. The minimum absolute atomic E-state index is 0.0176. The van der Waals surface area contributed by atoms with E-state index in [4.69, 9.17) is 5.11 Å². The van der Waals surface area contributed by atoms with Crippen LogP contribution in [0.4, 0.5) is 5.82 Å². The van der Waals surface area contributed by atoms with Gasteiger partial charge >= 0.3 is 11.8 Å². The fraction of sp³-hybridized carbons (Fsp3) is 0.643. The predicted molar refractivity (Wildman–Crippen MR) is 79.8 cm³/mol. The lowest BCUT2D eigenvalue weighted by atomic mass is 9.98. The first-order valence-electron chi connectivity index (χ1n) is 7.58. The molecule has 1 atom stereocenters. The van der Waals surface area contributed by atoms with Gasteiger partial charge in [-0.15, -0.1) is 0 Å². The SMILES string of the molecule is Cc1nc([N+](=O)[O-])cn1CC(=O)N1CCCCC1CCC(=O)O. The molecule has 0 radical (unpaired) electrons. The van der Waals surface area contributed by atoms with Crippen LogP contribution in [0, 0.1) is 17.0 Å². The van der Waals surface area contributed by atoms with Gasteiger partial charge in [-0.25, -0.2) is 0 Å². The number of imidazole rings is 1. The van der Waals surface area contributed by atoms with Gasteiger partial charge in [0, 0.05) is 25.9 Å². The van der Waals surface area contributed by atoms with Gasteiger partial charge in [0.2, 0.25) is 11.7 Å². The van der Waals surface area contributed by atoms with Gasteiger partial charge in [0.05, 0.1) is 0 Å². The molecular formula is C14H20N4O5. The molecule has 1 aromatic heterocycles. The number of aromatic nitrogens is 2. The van der Waals surface area contributed by atoms with E-state index in [2.05, 4.69) is 4.98 Å². The van der Waals surface area contributed by atoms with Gasteiger partial charge in [-0.05, 0) is 35.6 Å². The summed E-state index contributed by atoms with van der Waals surface area (Å²) in [6.07, 6.45) is 4.38. The van der Waals surface area contributed by atoms with Crippen LogP contribution in [0.1, 0.15) is 37.9 Å². The van der Waals surface area contributed by atoms with Crippen molar-refractivity contribution in [2.24, 2.45) is 0 Å². The number of nitrogens with zero attached hydrogens (tertiary/aromatic N) is 4. The molecule has 0 aromatic carbocycles. The second-order valence-electron chi connectivity index (χ2n) is 5.70. The maximum absolute atomic E-state index is 12.5. The van der Waals surface area contributed by atoms with Crippen LogP contribution in [0.5, 0.6) is 0 Å². The number of carboxylic acids is 1. The van der Waals surface area contributed by atoms with Gasteiger partial charge in [-0.3, -0.25) is 14.2 Å². The van der Waals surface area contributed by atoms with Crippen LogP contribution in [0.15, 0.2) is 6.20 Å². The minimum atomic E-state index is -0.871. The highest BCUT2D eigenvalue weighted by Gasteiger charge is 2.28. The van der Waals surface area contributed by atoms with Crippen molar-refractivity contribution < 1.29 is 19.6 Å². The van der Waals surface area contributed by atoms with Crippen LogP contribution in [0.3, 0.4) is 0 Å². The van der Waals surface area contributed by atoms with Crippen LogP contribution in [-0.2, 0) is 16.1 Å². The summed E-state index contributed by atoms with van der Waals surface area (Å²) in [6.45, 7) is 2.19. The minimum Gasteiger partial charge on any atom is -0.481 e. The first kappa shape index (κ1) is 16.9. The maximum atomic E-state index is 12.5. The molecule has 1 N–H and O–H groups in total. The summed E-state index contributed by atoms with van der Waals surface area (Å²) in [5, 5.41) is 19.5. The Labute approximate surface area is 133 Å². The molecule has 1 aliphatic heterocycles. The highest BCUT2D eigenvalue weighted by Crippen LogP contribution is 2.22. The van der Waals surface area contributed by atoms with Crippen molar-refractivity contribution >= 4 is 17.7 Å². The second-order valence-corrected chi connectivity index (χ2v) is 5.70. The lowest BCUT2D eigenvalue weighted by Gasteiger charge is -2.35. The average molecular weight is 324 g/mol. The molecule has 1 saturated heterocycles. The third-order valence-corrected chi connectivity index (χ3v) is 4.09. The van der Waals surface area contributed by atoms with E-state index < -0.39 is 10.9 Å². The number of carboxylic acid groups (broad SMARTS) is 1. The summed E-state index contributed by atoms with van der Waals surface area (Å²) < 4.78 is 1.46. The Bertz CT molecular complexity index is 612. The molecule has 9 nitrogen and oxygen atoms in total. The maximum Gasteiger partial charge on any atom is 0.381 e. The molecule has 1 aliphatic rings. The number of aryl methyl sites for hydroxylation is 1. The second kappa shape index (κ2) is 7.21. The third kappa shape index (κ3) is 4.27. The highest BCUT2D eigenvalue weighted by atomic mass is 16.6. The van der Waals surface area contributed by atoms with Crippen LogP contribution in [0.25, 0.3) is 0 Å². The van der Waals surface area contributed by atoms with Crippen LogP contribution >= 0.6 is 0 Å². The monoisotopic (exact) mass is 324 g/mol. The van der Waals surface area contributed by atoms with Crippen LogP contribution in [-0.4, -0.2) is 48.9 Å². The molecular weight excluding hydrogens is 304 g/mol. The standard InChI is InChI=1S/C14H20N4O5/c1-10-15-12(18(22)23)8-16(10)9-13(19)17-7-3-2-4-11(17)5-6-14(20)21/h8,11H,2-7,9H2,1H3,(H,20,21). The van der Waals surface area contributed by atoms with E-state index in [0.29, 0.717) is 18.8 Å². The molecule has 1 aromatic rings. The van der Waals surface area contributed by atoms with Gasteiger partial charge in [0.1, 0.15) is 12.7 Å². The van der Waals surface area contributed by atoms with E-state index in [9.17, 15) is 19.7 Å². The average Bonchev–Trinajstić information content (AvgIpc) is 2.86. The first-order valence-corrected chi connectivity index (χ1v) is 7.58. The van der Waals surface area contributed by atoms with Crippen molar-refractivity contribution in [3.8, 4) is 0 Å². The molecule has 9 heteroatoms. The Morgan fingerprint density at radius 1 is 1.48 bits per heavy atom. The Kier molecular flexibility index (Phi) is 5.30. The van der Waals surface area contributed by atoms with E-state index in [1.54, 1.807) is 11.8 Å². The van der Waals surface area contributed by atoms with Crippen molar-refractivity contribution in [2.75, 3.05) is 6.54 Å². The van der Waals surface area contributed by atoms with E-state index in [0.717, 1.165) is 19.3 Å². The molecule has 1 unspecified atom stereocenters. The smallest absolute Gasteiger partial charge is 0.381 e. The molecule has 23 heavy (non-hydrogen) atoms. The Morgan fingerprint density at radius 2 is 2.22 bits per heavy atom. The number of carbonyl (C=O) groups excluding carboxylic acids is 1. The fourth-order valence-corrected chi connectivity index (χ4v) is 2.90. The molecule has 126 valence electrons. The number of amides is 1. The van der Waals surface area contributed by atoms with E-state index in [-0.39, 0.29) is 30.7 Å². The molecule has 0 saturated carbocycles. The first-order chi connectivity index (χ1) is 10.9. The summed E-state index contributed by atoms with van der Waals surface area (Å²) in [4.78, 5) is 38.9. The largest absolute Gasteiger partial charge is 0.481 e. The number of rotatable bonds is 6. The summed E-state index contributed by atoms with van der Waals surface area (Å²) in [5.41, 5.74) is 0. The Balaban J connectivity index is 2.05. The van der Waals surface area contributed by atoms with Crippen molar-refractivity contribution in [3.05, 3.63) is 22.1 Å². The number of hydrogen-bond donors (Lipinski definition) is 1. The van der Waals surface area contributed by atoms with Gasteiger partial charge < -0.3 is 20.1 Å². The van der Waals surface area contributed by atoms with Gasteiger partial charge in [0.25, 0.3) is 0 Å². The Morgan fingerprint density at radius 3 is 2.83 bits per heavy atom. The predicted octanol–water partition coefficient (Wildman–Crippen LogP) is 1.35.